The maximum atomic E-state index is 12.4. The Labute approximate surface area is 239 Å². The van der Waals surface area contributed by atoms with Gasteiger partial charge < -0.3 is 29.6 Å². The largest absolute Gasteiger partial charge is 0.495 e. The Morgan fingerprint density at radius 1 is 1.05 bits per heavy atom. The third-order valence-electron chi connectivity index (χ3n) is 7.25. The van der Waals surface area contributed by atoms with Crippen LogP contribution in [0.3, 0.4) is 0 Å². The van der Waals surface area contributed by atoms with Crippen LogP contribution < -0.4 is 20.3 Å². The number of carbonyl (C=O) groups excluding carboxylic acids is 1. The van der Waals surface area contributed by atoms with Crippen molar-refractivity contribution >= 4 is 34.6 Å². The Morgan fingerprint density at radius 2 is 1.82 bits per heavy atom. The number of anilines is 2. The molecule has 3 heterocycles. The van der Waals surface area contributed by atoms with Crippen LogP contribution in [0.4, 0.5) is 11.4 Å². The van der Waals surface area contributed by atoms with Crippen molar-refractivity contribution in [1.29, 1.82) is 0 Å². The van der Waals surface area contributed by atoms with Gasteiger partial charge in [-0.25, -0.2) is 0 Å². The summed E-state index contributed by atoms with van der Waals surface area (Å²) in [6, 6.07) is 21.8. The summed E-state index contributed by atoms with van der Waals surface area (Å²) in [6.07, 6.45) is 1.80. The topological polar surface area (TPSA) is 80.7 Å². The maximum absolute atomic E-state index is 12.4. The molecule has 0 unspecified atom stereocenters. The number of aromatic nitrogens is 2. The molecule has 1 saturated heterocycles. The molecule has 0 aliphatic carbocycles. The van der Waals surface area contributed by atoms with E-state index in [0.717, 1.165) is 34.0 Å². The first-order valence-corrected chi connectivity index (χ1v) is 13.5. The normalized spacial score (nSPS) is 16.6. The van der Waals surface area contributed by atoms with Crippen LogP contribution in [0.1, 0.15) is 40.3 Å². The van der Waals surface area contributed by atoms with E-state index in [1.54, 1.807) is 13.3 Å². The Morgan fingerprint density at radius 3 is 2.52 bits per heavy atom. The molecule has 1 amide bonds. The summed E-state index contributed by atoms with van der Waals surface area (Å²) in [4.78, 5) is 19.2. The standard InChI is InChI=1S/C31H33N5O3S/c1-19-10-6-7-12-26(19)35-20(2)16-23(21(35)3)30-29(24-11-8-9-15-32-24)34-31(40)36(30)22-13-14-27(39-5)25(17-22)33-28(37)18-38-4/h6-17,29-30H,18H2,1-5H3,(H,33,37)(H,34,40)/t29-,30+/m1/s1. The van der Waals surface area contributed by atoms with Gasteiger partial charge >= 0.3 is 0 Å². The first-order valence-electron chi connectivity index (χ1n) is 13.1. The van der Waals surface area contributed by atoms with E-state index in [0.29, 0.717) is 16.5 Å². The van der Waals surface area contributed by atoms with Crippen molar-refractivity contribution in [2.75, 3.05) is 31.0 Å². The number of pyridine rings is 1. The van der Waals surface area contributed by atoms with Crippen LogP contribution in [0.25, 0.3) is 5.69 Å². The Kier molecular flexibility index (Phi) is 7.86. The molecule has 9 heteroatoms. The van der Waals surface area contributed by atoms with Crippen molar-refractivity contribution in [2.24, 2.45) is 0 Å². The zero-order chi connectivity index (χ0) is 28.4. The van der Waals surface area contributed by atoms with Crippen LogP contribution >= 0.6 is 12.2 Å². The van der Waals surface area contributed by atoms with E-state index in [4.69, 9.17) is 21.7 Å². The van der Waals surface area contributed by atoms with Crippen LogP contribution in [0.2, 0.25) is 0 Å². The van der Waals surface area contributed by atoms with E-state index in [1.165, 1.54) is 12.7 Å². The number of carbonyl (C=O) groups is 1. The number of aryl methyl sites for hydroxylation is 2. The van der Waals surface area contributed by atoms with Crippen molar-refractivity contribution in [1.82, 2.24) is 14.9 Å². The Hall–Kier alpha value is -4.21. The SMILES string of the molecule is COCC(=O)Nc1cc(N2C(=S)N[C@H](c3ccccn3)[C@@H]2c2cc(C)n(-c3ccccc3C)c2C)ccc1OC. The van der Waals surface area contributed by atoms with Crippen LogP contribution in [-0.2, 0) is 9.53 Å². The van der Waals surface area contributed by atoms with Gasteiger partial charge in [0.05, 0.1) is 30.6 Å². The summed E-state index contributed by atoms with van der Waals surface area (Å²) in [7, 11) is 3.06. The van der Waals surface area contributed by atoms with E-state index in [1.807, 2.05) is 36.4 Å². The summed E-state index contributed by atoms with van der Waals surface area (Å²) in [5.74, 6) is 0.270. The molecule has 206 valence electrons. The molecule has 1 aliphatic heterocycles. The van der Waals surface area contributed by atoms with Gasteiger partial charge in [-0.15, -0.1) is 0 Å². The number of ether oxygens (including phenoxy) is 2. The number of hydrogen-bond donors (Lipinski definition) is 2. The van der Waals surface area contributed by atoms with Gasteiger partial charge in [-0.3, -0.25) is 9.78 Å². The van der Waals surface area contributed by atoms with Gasteiger partial charge in [0.25, 0.3) is 0 Å². The number of benzene rings is 2. The predicted octanol–water partition coefficient (Wildman–Crippen LogP) is 5.57. The summed E-state index contributed by atoms with van der Waals surface area (Å²) >= 11 is 5.95. The van der Waals surface area contributed by atoms with Gasteiger partial charge in [-0.1, -0.05) is 24.3 Å². The van der Waals surface area contributed by atoms with Gasteiger partial charge in [0.1, 0.15) is 12.4 Å². The molecule has 0 spiro atoms. The lowest BCUT2D eigenvalue weighted by Gasteiger charge is -2.29. The average Bonchev–Trinajstić information content (AvgIpc) is 3.44. The van der Waals surface area contributed by atoms with Gasteiger partial charge in [-0.05, 0) is 86.6 Å². The summed E-state index contributed by atoms with van der Waals surface area (Å²) < 4.78 is 12.8. The predicted molar refractivity (Wildman–Crippen MR) is 161 cm³/mol. The van der Waals surface area contributed by atoms with Crippen LogP contribution in [-0.4, -0.2) is 41.4 Å². The average molecular weight is 556 g/mol. The van der Waals surface area contributed by atoms with Crippen molar-refractivity contribution in [3.05, 3.63) is 101 Å². The van der Waals surface area contributed by atoms with Crippen molar-refractivity contribution in [3.8, 4) is 11.4 Å². The molecule has 1 fully saturated rings. The van der Waals surface area contributed by atoms with E-state index in [-0.39, 0.29) is 24.6 Å². The van der Waals surface area contributed by atoms with E-state index in [2.05, 4.69) is 76.2 Å². The Bertz CT molecular complexity index is 1550. The second-order valence-electron chi connectivity index (χ2n) is 9.81. The molecule has 0 bridgehead atoms. The molecule has 0 radical (unpaired) electrons. The molecule has 8 nitrogen and oxygen atoms in total. The number of hydrogen-bond acceptors (Lipinski definition) is 5. The minimum atomic E-state index is -0.273. The molecule has 0 saturated carbocycles. The first-order chi connectivity index (χ1) is 19.3. The van der Waals surface area contributed by atoms with E-state index in [9.17, 15) is 4.79 Å². The zero-order valence-corrected chi connectivity index (χ0v) is 24.1. The second kappa shape index (κ2) is 11.5. The van der Waals surface area contributed by atoms with E-state index < -0.39 is 0 Å². The fourth-order valence-electron chi connectivity index (χ4n) is 5.48. The lowest BCUT2D eigenvalue weighted by atomic mass is 9.96. The fourth-order valence-corrected chi connectivity index (χ4v) is 5.83. The third kappa shape index (κ3) is 5.05. The van der Waals surface area contributed by atoms with Gasteiger partial charge in [0.15, 0.2) is 5.11 Å². The molecule has 2 N–H and O–H groups in total. The molecule has 2 aromatic carbocycles. The summed E-state index contributed by atoms with van der Waals surface area (Å²) in [6.45, 7) is 6.33. The highest BCUT2D eigenvalue weighted by Gasteiger charge is 2.42. The second-order valence-corrected chi connectivity index (χ2v) is 10.2. The molecule has 5 rings (SSSR count). The highest BCUT2D eigenvalue weighted by molar-refractivity contribution is 7.80. The monoisotopic (exact) mass is 555 g/mol. The molecular weight excluding hydrogens is 522 g/mol. The molecule has 2 atom stereocenters. The van der Waals surface area contributed by atoms with Crippen LogP contribution in [0.5, 0.6) is 5.75 Å². The number of para-hydroxylation sites is 1. The minimum Gasteiger partial charge on any atom is -0.495 e. The molecular formula is C31H33N5O3S. The van der Waals surface area contributed by atoms with Crippen molar-refractivity contribution in [3.63, 3.8) is 0 Å². The van der Waals surface area contributed by atoms with Crippen molar-refractivity contribution < 1.29 is 14.3 Å². The smallest absolute Gasteiger partial charge is 0.250 e. The van der Waals surface area contributed by atoms with Crippen LogP contribution in [0, 0.1) is 20.8 Å². The highest BCUT2D eigenvalue weighted by atomic mass is 32.1. The fraction of sp³-hybridized carbons (Fsp3) is 0.258. The summed E-state index contributed by atoms with van der Waals surface area (Å²) in [5.41, 5.74) is 7.96. The van der Waals surface area contributed by atoms with Gasteiger partial charge in [-0.2, -0.15) is 0 Å². The molecule has 4 aromatic rings. The lowest BCUT2D eigenvalue weighted by molar-refractivity contribution is -0.119. The summed E-state index contributed by atoms with van der Waals surface area (Å²) in [5, 5.41) is 7.00. The number of amides is 1. The molecule has 2 aromatic heterocycles. The Balaban J connectivity index is 1.66. The number of nitrogens with one attached hydrogen (secondary N) is 2. The lowest BCUT2D eigenvalue weighted by Crippen LogP contribution is -2.29. The third-order valence-corrected chi connectivity index (χ3v) is 7.57. The minimum absolute atomic E-state index is 0.0632. The van der Waals surface area contributed by atoms with Gasteiger partial charge in [0.2, 0.25) is 5.91 Å². The quantitative estimate of drug-likeness (QED) is 0.275. The zero-order valence-electron chi connectivity index (χ0n) is 23.3. The van der Waals surface area contributed by atoms with Gasteiger partial charge in [0, 0.05) is 36.1 Å². The molecule has 40 heavy (non-hydrogen) atoms. The maximum Gasteiger partial charge on any atom is 0.250 e. The van der Waals surface area contributed by atoms with Crippen LogP contribution in [0.15, 0.2) is 72.9 Å². The number of methoxy groups -OCH3 is 2. The highest BCUT2D eigenvalue weighted by Crippen LogP contribution is 2.45. The number of thiocarbonyl (C=S) groups is 1. The number of rotatable bonds is 8. The first kappa shape index (κ1) is 27.4. The van der Waals surface area contributed by atoms with Crippen molar-refractivity contribution in [2.45, 2.75) is 32.9 Å². The van der Waals surface area contributed by atoms with E-state index >= 15 is 0 Å². The number of nitrogens with zero attached hydrogens (tertiary/aromatic N) is 3. The molecule has 1 aliphatic rings.